The second kappa shape index (κ2) is 6.16. The number of nitrogens with zero attached hydrogens (tertiary/aromatic N) is 1. The molecule has 0 fully saturated rings. The summed E-state index contributed by atoms with van der Waals surface area (Å²) >= 11 is 3.48. The van der Waals surface area contributed by atoms with Gasteiger partial charge in [0.25, 0.3) is 5.91 Å². The number of anilines is 2. The SMILES string of the molecule is CC(=O)N1CCc2cc(Br)cc(NC(=O)c3cccc(C)c3)c21. The van der Waals surface area contributed by atoms with Crippen molar-refractivity contribution in [3.63, 3.8) is 0 Å². The number of amides is 2. The predicted octanol–water partition coefficient (Wildman–Crippen LogP) is 3.92. The van der Waals surface area contributed by atoms with Crippen LogP contribution in [0.15, 0.2) is 40.9 Å². The summed E-state index contributed by atoms with van der Waals surface area (Å²) in [6, 6.07) is 11.3. The maximum Gasteiger partial charge on any atom is 0.255 e. The summed E-state index contributed by atoms with van der Waals surface area (Å²) in [5.74, 6) is -0.193. The summed E-state index contributed by atoms with van der Waals surface area (Å²) in [6.45, 7) is 4.14. The Kier molecular flexibility index (Phi) is 4.22. The molecular formula is C18H17BrN2O2. The minimum absolute atomic E-state index is 0.0165. The minimum atomic E-state index is -0.176. The Morgan fingerprint density at radius 3 is 2.70 bits per heavy atom. The Hall–Kier alpha value is -2.14. The van der Waals surface area contributed by atoms with Crippen LogP contribution in [-0.4, -0.2) is 18.4 Å². The molecule has 118 valence electrons. The maximum atomic E-state index is 12.5. The molecular weight excluding hydrogens is 356 g/mol. The van der Waals surface area contributed by atoms with Gasteiger partial charge in [-0.05, 0) is 43.2 Å². The van der Waals surface area contributed by atoms with Crippen LogP contribution >= 0.6 is 15.9 Å². The Morgan fingerprint density at radius 2 is 2.00 bits per heavy atom. The van der Waals surface area contributed by atoms with Crippen molar-refractivity contribution < 1.29 is 9.59 Å². The van der Waals surface area contributed by atoms with E-state index in [2.05, 4.69) is 21.2 Å². The van der Waals surface area contributed by atoms with E-state index < -0.39 is 0 Å². The topological polar surface area (TPSA) is 49.4 Å². The first-order valence-corrected chi connectivity index (χ1v) is 8.23. The molecule has 4 nitrogen and oxygen atoms in total. The second-order valence-electron chi connectivity index (χ2n) is 5.71. The molecule has 1 N–H and O–H groups in total. The first kappa shape index (κ1) is 15.7. The molecule has 0 radical (unpaired) electrons. The van der Waals surface area contributed by atoms with Crippen LogP contribution in [0, 0.1) is 6.92 Å². The lowest BCUT2D eigenvalue weighted by Gasteiger charge is -2.19. The summed E-state index contributed by atoms with van der Waals surface area (Å²) in [4.78, 5) is 26.1. The highest BCUT2D eigenvalue weighted by Gasteiger charge is 2.26. The summed E-state index contributed by atoms with van der Waals surface area (Å²) in [7, 11) is 0. The molecule has 5 heteroatoms. The van der Waals surface area contributed by atoms with Gasteiger partial charge in [-0.2, -0.15) is 0 Å². The van der Waals surface area contributed by atoms with Crippen molar-refractivity contribution in [2.75, 3.05) is 16.8 Å². The van der Waals surface area contributed by atoms with Crippen LogP contribution < -0.4 is 10.2 Å². The molecule has 2 amide bonds. The average molecular weight is 373 g/mol. The first-order chi connectivity index (χ1) is 11.0. The summed E-state index contributed by atoms with van der Waals surface area (Å²) in [5.41, 5.74) is 4.16. The number of rotatable bonds is 2. The minimum Gasteiger partial charge on any atom is -0.320 e. The van der Waals surface area contributed by atoms with Crippen LogP contribution in [0.1, 0.15) is 28.4 Å². The molecule has 0 saturated heterocycles. The largest absolute Gasteiger partial charge is 0.320 e. The highest BCUT2D eigenvalue weighted by Crippen LogP contribution is 2.38. The highest BCUT2D eigenvalue weighted by atomic mass is 79.9. The Balaban J connectivity index is 1.97. The fourth-order valence-corrected chi connectivity index (χ4v) is 3.41. The van der Waals surface area contributed by atoms with Gasteiger partial charge in [0.15, 0.2) is 0 Å². The Labute approximate surface area is 143 Å². The normalized spacial score (nSPS) is 12.9. The molecule has 23 heavy (non-hydrogen) atoms. The first-order valence-electron chi connectivity index (χ1n) is 7.44. The number of benzene rings is 2. The number of carbonyl (C=O) groups excluding carboxylic acids is 2. The number of fused-ring (bicyclic) bond motifs is 1. The van der Waals surface area contributed by atoms with Gasteiger partial charge in [-0.25, -0.2) is 0 Å². The molecule has 3 rings (SSSR count). The number of halogens is 1. The van der Waals surface area contributed by atoms with Crippen molar-refractivity contribution in [3.8, 4) is 0 Å². The highest BCUT2D eigenvalue weighted by molar-refractivity contribution is 9.10. The average Bonchev–Trinajstić information content (AvgIpc) is 2.91. The molecule has 2 aromatic rings. The van der Waals surface area contributed by atoms with E-state index in [9.17, 15) is 9.59 Å². The van der Waals surface area contributed by atoms with Gasteiger partial charge in [0, 0.05) is 23.5 Å². The number of hydrogen-bond acceptors (Lipinski definition) is 2. The number of aryl methyl sites for hydroxylation is 1. The third kappa shape index (κ3) is 3.15. The smallest absolute Gasteiger partial charge is 0.255 e. The fraction of sp³-hybridized carbons (Fsp3) is 0.222. The van der Waals surface area contributed by atoms with Crippen molar-refractivity contribution in [1.82, 2.24) is 0 Å². The van der Waals surface area contributed by atoms with E-state index in [1.54, 1.807) is 17.9 Å². The van der Waals surface area contributed by atoms with E-state index in [1.165, 1.54) is 0 Å². The van der Waals surface area contributed by atoms with Crippen molar-refractivity contribution >= 4 is 39.1 Å². The number of carbonyl (C=O) groups is 2. The van der Waals surface area contributed by atoms with Gasteiger partial charge < -0.3 is 10.2 Å². The lowest BCUT2D eigenvalue weighted by molar-refractivity contribution is -0.116. The Bertz CT molecular complexity index is 802. The van der Waals surface area contributed by atoms with Gasteiger partial charge in [-0.15, -0.1) is 0 Å². The zero-order chi connectivity index (χ0) is 16.6. The van der Waals surface area contributed by atoms with Gasteiger partial charge in [-0.3, -0.25) is 9.59 Å². The van der Waals surface area contributed by atoms with Gasteiger partial charge in [0.2, 0.25) is 5.91 Å². The predicted molar refractivity (Wildman–Crippen MR) is 95.0 cm³/mol. The van der Waals surface area contributed by atoms with Crippen molar-refractivity contribution in [2.45, 2.75) is 20.3 Å². The van der Waals surface area contributed by atoms with E-state index in [4.69, 9.17) is 0 Å². The molecule has 1 aliphatic heterocycles. The van der Waals surface area contributed by atoms with Crippen LogP contribution in [0.5, 0.6) is 0 Å². The van der Waals surface area contributed by atoms with Crippen LogP contribution in [0.2, 0.25) is 0 Å². The van der Waals surface area contributed by atoms with Crippen molar-refractivity contribution in [3.05, 3.63) is 57.6 Å². The summed E-state index contributed by atoms with van der Waals surface area (Å²) < 4.78 is 0.890. The molecule has 0 bridgehead atoms. The van der Waals surface area contributed by atoms with Crippen LogP contribution in [0.25, 0.3) is 0 Å². The second-order valence-corrected chi connectivity index (χ2v) is 6.62. The molecule has 0 aliphatic carbocycles. The standard InChI is InChI=1S/C18H17BrN2O2/c1-11-4-3-5-14(8-11)18(23)20-16-10-15(19)9-13-6-7-21(12(2)22)17(13)16/h3-5,8-10H,6-7H2,1-2H3,(H,20,23). The zero-order valence-electron chi connectivity index (χ0n) is 13.0. The fourth-order valence-electron chi connectivity index (χ4n) is 2.90. The van der Waals surface area contributed by atoms with E-state index in [0.717, 1.165) is 27.7 Å². The van der Waals surface area contributed by atoms with Gasteiger partial charge in [0.05, 0.1) is 11.4 Å². The zero-order valence-corrected chi connectivity index (χ0v) is 14.6. The van der Waals surface area contributed by atoms with E-state index in [0.29, 0.717) is 17.8 Å². The quantitative estimate of drug-likeness (QED) is 0.868. The van der Waals surface area contributed by atoms with E-state index >= 15 is 0 Å². The maximum absolute atomic E-state index is 12.5. The van der Waals surface area contributed by atoms with Crippen LogP contribution in [0.3, 0.4) is 0 Å². The van der Waals surface area contributed by atoms with E-state index in [1.807, 2.05) is 37.3 Å². The number of hydrogen-bond donors (Lipinski definition) is 1. The van der Waals surface area contributed by atoms with Crippen LogP contribution in [0.4, 0.5) is 11.4 Å². The summed E-state index contributed by atoms with van der Waals surface area (Å²) in [6.07, 6.45) is 0.793. The van der Waals surface area contributed by atoms with Crippen LogP contribution in [-0.2, 0) is 11.2 Å². The molecule has 0 aromatic heterocycles. The summed E-state index contributed by atoms with van der Waals surface area (Å²) in [5, 5.41) is 2.95. The molecule has 0 atom stereocenters. The van der Waals surface area contributed by atoms with Crippen molar-refractivity contribution in [1.29, 1.82) is 0 Å². The van der Waals surface area contributed by atoms with E-state index in [-0.39, 0.29) is 11.8 Å². The van der Waals surface area contributed by atoms with Crippen molar-refractivity contribution in [2.24, 2.45) is 0 Å². The molecule has 0 saturated carbocycles. The lowest BCUT2D eigenvalue weighted by atomic mass is 10.1. The molecule has 2 aromatic carbocycles. The lowest BCUT2D eigenvalue weighted by Crippen LogP contribution is -2.27. The monoisotopic (exact) mass is 372 g/mol. The molecule has 0 spiro atoms. The third-order valence-electron chi connectivity index (χ3n) is 3.94. The van der Waals surface area contributed by atoms with Gasteiger partial charge in [0.1, 0.15) is 0 Å². The van der Waals surface area contributed by atoms with Gasteiger partial charge >= 0.3 is 0 Å². The van der Waals surface area contributed by atoms with Gasteiger partial charge in [-0.1, -0.05) is 33.6 Å². The molecule has 1 aliphatic rings. The molecule has 1 heterocycles. The number of nitrogens with one attached hydrogen (secondary N) is 1. The molecule has 0 unspecified atom stereocenters. The Morgan fingerprint density at radius 1 is 1.22 bits per heavy atom. The third-order valence-corrected chi connectivity index (χ3v) is 4.39.